The van der Waals surface area contributed by atoms with Crippen LogP contribution in [0.15, 0.2) is 59.3 Å². The Hall–Kier alpha value is -4.16. The van der Waals surface area contributed by atoms with Crippen molar-refractivity contribution in [2.75, 3.05) is 37.4 Å². The maximum atomic E-state index is 13.2. The molecule has 4 rings (SSSR count). The molecule has 0 saturated carbocycles. The van der Waals surface area contributed by atoms with Crippen LogP contribution in [0.4, 0.5) is 37.7 Å². The maximum Gasteiger partial charge on any atom is 0.490 e. The number of halogens is 7. The summed E-state index contributed by atoms with van der Waals surface area (Å²) in [6.07, 6.45) is -4.43. The van der Waals surface area contributed by atoms with Crippen molar-refractivity contribution in [3.8, 4) is 11.1 Å². The number of aliphatic hydroxyl groups is 1. The molecule has 3 aromatic rings. The zero-order valence-corrected chi connectivity index (χ0v) is 26.7. The molecule has 2 aromatic carbocycles. The highest BCUT2D eigenvalue weighted by Crippen LogP contribution is 2.35. The van der Waals surface area contributed by atoms with Gasteiger partial charge < -0.3 is 30.4 Å². The van der Waals surface area contributed by atoms with E-state index < -0.39 is 35.8 Å². The van der Waals surface area contributed by atoms with Gasteiger partial charge in [0, 0.05) is 35.4 Å². The third kappa shape index (κ3) is 11.5. The number of rotatable bonds is 6. The Bertz CT molecular complexity index is 1470. The Morgan fingerprint density at radius 3 is 1.87 bits per heavy atom. The second-order valence-corrected chi connectivity index (χ2v) is 11.5. The summed E-state index contributed by atoms with van der Waals surface area (Å²) in [6, 6.07) is 13.6. The highest BCUT2D eigenvalue weighted by atomic mass is 79.9. The molecule has 0 aliphatic carbocycles. The first-order chi connectivity index (χ1) is 21.6. The van der Waals surface area contributed by atoms with Gasteiger partial charge in [0.2, 0.25) is 0 Å². The maximum absolute atomic E-state index is 13.2. The number of aliphatic carboxylic acids is 2. The molecule has 1 aromatic heterocycles. The molecule has 258 valence electrons. The molecule has 1 amide bonds. The van der Waals surface area contributed by atoms with Crippen molar-refractivity contribution in [3.05, 3.63) is 64.9 Å². The van der Waals surface area contributed by atoms with Crippen molar-refractivity contribution >= 4 is 45.2 Å². The molecule has 18 heteroatoms. The second-order valence-electron chi connectivity index (χ2n) is 10.5. The number of hydrogen-bond acceptors (Lipinski definition) is 7. The van der Waals surface area contributed by atoms with Gasteiger partial charge in [0.05, 0.1) is 17.6 Å². The van der Waals surface area contributed by atoms with Crippen molar-refractivity contribution in [1.29, 1.82) is 0 Å². The number of anilines is 2. The molecule has 5 N–H and O–H groups in total. The highest BCUT2D eigenvalue weighted by Gasteiger charge is 2.39. The van der Waals surface area contributed by atoms with E-state index in [1.165, 1.54) is 6.92 Å². The summed E-state index contributed by atoms with van der Waals surface area (Å²) in [7, 11) is 4.24. The fraction of sp³-hybridized carbons (Fsp3) is 0.379. The van der Waals surface area contributed by atoms with Gasteiger partial charge >= 0.3 is 24.3 Å². The fourth-order valence-corrected chi connectivity index (χ4v) is 4.52. The van der Waals surface area contributed by atoms with E-state index in [0.29, 0.717) is 17.3 Å². The third-order valence-electron chi connectivity index (χ3n) is 6.95. The van der Waals surface area contributed by atoms with Gasteiger partial charge in [-0.3, -0.25) is 9.89 Å². The normalized spacial score (nSPS) is 15.0. The molecule has 0 radical (unpaired) electrons. The largest absolute Gasteiger partial charge is 0.490 e. The van der Waals surface area contributed by atoms with Crippen molar-refractivity contribution in [3.63, 3.8) is 0 Å². The Kier molecular flexibility index (Phi) is 13.4. The van der Waals surface area contributed by atoms with Gasteiger partial charge in [-0.25, -0.2) is 9.59 Å². The molecule has 1 aliphatic rings. The van der Waals surface area contributed by atoms with Gasteiger partial charge in [0.15, 0.2) is 5.60 Å². The number of H-pyrrole nitrogens is 1. The van der Waals surface area contributed by atoms with Crippen LogP contribution >= 0.6 is 15.9 Å². The summed E-state index contributed by atoms with van der Waals surface area (Å²) in [4.78, 5) is 35.6. The Balaban J connectivity index is 0.000000459. The number of nitrogens with one attached hydrogen (secondary N) is 2. The Labute approximate surface area is 273 Å². The summed E-state index contributed by atoms with van der Waals surface area (Å²) in [5, 5.41) is 35.2. The summed E-state index contributed by atoms with van der Waals surface area (Å²) >= 11 is 3.40. The van der Waals surface area contributed by atoms with E-state index in [0.717, 1.165) is 47.2 Å². The molecule has 2 heterocycles. The van der Waals surface area contributed by atoms with Gasteiger partial charge in [0.1, 0.15) is 0 Å². The molecular weight excluding hydrogens is 708 g/mol. The number of aromatic nitrogens is 2. The van der Waals surface area contributed by atoms with Crippen LogP contribution < -0.4 is 10.2 Å². The number of carbonyl (C=O) groups is 3. The van der Waals surface area contributed by atoms with Crippen LogP contribution in [0.25, 0.3) is 11.1 Å². The predicted molar refractivity (Wildman–Crippen MR) is 163 cm³/mol. The highest BCUT2D eigenvalue weighted by molar-refractivity contribution is 9.10. The van der Waals surface area contributed by atoms with Gasteiger partial charge in [-0.05, 0) is 69.3 Å². The van der Waals surface area contributed by atoms with Crippen LogP contribution in [0.5, 0.6) is 0 Å². The molecule has 47 heavy (non-hydrogen) atoms. The van der Waals surface area contributed by atoms with Gasteiger partial charge in [-0.15, -0.1) is 0 Å². The molecule has 11 nitrogen and oxygen atoms in total. The summed E-state index contributed by atoms with van der Waals surface area (Å²) in [5.41, 5.74) is 2.51. The molecule has 1 saturated heterocycles. The zero-order valence-electron chi connectivity index (χ0n) is 25.2. The summed E-state index contributed by atoms with van der Waals surface area (Å²) < 4.78 is 64.4. The summed E-state index contributed by atoms with van der Waals surface area (Å²) in [6.45, 7) is 3.31. The van der Waals surface area contributed by atoms with Crippen LogP contribution in [-0.4, -0.2) is 93.8 Å². The minimum atomic E-state index is -5.08. The number of carboxylic acids is 2. The van der Waals surface area contributed by atoms with Crippen molar-refractivity contribution in [2.24, 2.45) is 0 Å². The van der Waals surface area contributed by atoms with Crippen LogP contribution in [-0.2, 0) is 20.0 Å². The smallest absolute Gasteiger partial charge is 0.475 e. The topological polar surface area (TPSA) is 159 Å². The number of hydrogen-bond donors (Lipinski definition) is 5. The molecule has 0 spiro atoms. The van der Waals surface area contributed by atoms with E-state index in [2.05, 4.69) is 61.4 Å². The van der Waals surface area contributed by atoms with Crippen molar-refractivity contribution in [2.45, 2.75) is 43.8 Å². The third-order valence-corrected chi connectivity index (χ3v) is 7.48. The van der Waals surface area contributed by atoms with E-state index in [4.69, 9.17) is 19.8 Å². The molecule has 1 aliphatic heterocycles. The van der Waals surface area contributed by atoms with Crippen LogP contribution in [0, 0.1) is 0 Å². The first-order valence-corrected chi connectivity index (χ1v) is 14.4. The SMILES string of the molecule is CN(C)C1CCN(c2cc(-c3cn[nH]c3)ccc2NC(=O)[C@](C)(O)c2ccc(Br)cc2)CC1.O=C(O)C(F)(F)F.O=C(O)C(F)(F)F. The number of alkyl halides is 6. The minimum absolute atomic E-state index is 0.467. The van der Waals surface area contributed by atoms with Crippen LogP contribution in [0.2, 0.25) is 0 Å². The first kappa shape index (κ1) is 39.0. The lowest BCUT2D eigenvalue weighted by Crippen LogP contribution is -2.42. The number of aromatic amines is 1. The molecular formula is C29H32BrF6N5O6. The number of carboxylic acid groups (broad SMARTS) is 2. The lowest BCUT2D eigenvalue weighted by Gasteiger charge is -2.37. The molecule has 0 bridgehead atoms. The first-order valence-electron chi connectivity index (χ1n) is 13.6. The molecule has 1 atom stereocenters. The van der Waals surface area contributed by atoms with E-state index in [9.17, 15) is 36.2 Å². The lowest BCUT2D eigenvalue weighted by atomic mass is 9.95. The van der Waals surface area contributed by atoms with E-state index in [1.54, 1.807) is 18.3 Å². The van der Waals surface area contributed by atoms with Crippen LogP contribution in [0.1, 0.15) is 25.3 Å². The van der Waals surface area contributed by atoms with Crippen molar-refractivity contribution < 1.29 is 56.0 Å². The fourth-order valence-electron chi connectivity index (χ4n) is 4.26. The Morgan fingerprint density at radius 2 is 1.45 bits per heavy atom. The van der Waals surface area contributed by atoms with Crippen LogP contribution in [0.3, 0.4) is 0 Å². The predicted octanol–water partition coefficient (Wildman–Crippen LogP) is 5.48. The average molecular weight is 740 g/mol. The Morgan fingerprint density at radius 1 is 0.936 bits per heavy atom. The number of amides is 1. The number of carbonyl (C=O) groups excluding carboxylic acids is 1. The lowest BCUT2D eigenvalue weighted by molar-refractivity contribution is -0.193. The van der Waals surface area contributed by atoms with Crippen molar-refractivity contribution in [1.82, 2.24) is 15.1 Å². The molecule has 1 fully saturated rings. The number of nitrogens with zero attached hydrogens (tertiary/aromatic N) is 3. The van der Waals surface area contributed by atoms with Gasteiger partial charge in [-0.1, -0.05) is 34.1 Å². The standard InChI is InChI=1S/C25H30BrN5O2.2C2HF3O2/c1-25(33,19-5-7-20(26)8-6-19)24(32)29-22-9-4-17(18-15-27-28-16-18)14-23(22)31-12-10-21(11-13-31)30(2)3;2*3-2(4,5)1(6)7/h4-9,14-16,21,33H,10-13H2,1-3H3,(H,27,28)(H,29,32);2*(H,6,7)/t25-;;/m1../s1. The summed E-state index contributed by atoms with van der Waals surface area (Å²) in [5.74, 6) is -5.98. The average Bonchev–Trinajstić information content (AvgIpc) is 3.52. The number of benzene rings is 2. The quantitative estimate of drug-likeness (QED) is 0.206. The van der Waals surface area contributed by atoms with Gasteiger partial charge in [-0.2, -0.15) is 31.4 Å². The minimum Gasteiger partial charge on any atom is -0.475 e. The monoisotopic (exact) mass is 739 g/mol. The molecule has 0 unspecified atom stereocenters. The zero-order chi connectivity index (χ0) is 35.7. The number of piperidine rings is 1. The van der Waals surface area contributed by atoms with E-state index >= 15 is 0 Å². The van der Waals surface area contributed by atoms with E-state index in [-0.39, 0.29) is 0 Å². The van der Waals surface area contributed by atoms with E-state index in [1.807, 2.05) is 30.5 Å². The van der Waals surface area contributed by atoms with Gasteiger partial charge in [0.25, 0.3) is 5.91 Å². The second kappa shape index (κ2) is 16.1.